The van der Waals surface area contributed by atoms with Crippen LogP contribution in [0.3, 0.4) is 0 Å². The van der Waals surface area contributed by atoms with Gasteiger partial charge in [0.25, 0.3) is 0 Å². The van der Waals surface area contributed by atoms with Gasteiger partial charge < -0.3 is 10.1 Å². The topological polar surface area (TPSA) is 41.6 Å². The number of amides is 1. The van der Waals surface area contributed by atoms with Crippen molar-refractivity contribution in [2.45, 2.75) is 46.4 Å². The van der Waals surface area contributed by atoms with E-state index < -0.39 is 5.60 Å². The summed E-state index contributed by atoms with van der Waals surface area (Å²) in [6, 6.07) is 6.21. The largest absolute Gasteiger partial charge is 0.444 e. The van der Waals surface area contributed by atoms with Crippen molar-refractivity contribution in [3.05, 3.63) is 41.5 Å². The van der Waals surface area contributed by atoms with E-state index in [4.69, 9.17) is 4.74 Å². The van der Waals surface area contributed by atoms with E-state index in [-0.39, 0.29) is 6.09 Å². The second-order valence-corrected chi connectivity index (χ2v) is 6.63. The van der Waals surface area contributed by atoms with Gasteiger partial charge in [-0.3, -0.25) is 4.90 Å². The fraction of sp³-hybridized carbons (Fsp3) is 0.471. The summed E-state index contributed by atoms with van der Waals surface area (Å²) in [7, 11) is 0. The summed E-state index contributed by atoms with van der Waals surface area (Å²) in [6.07, 6.45) is -0.254. The Hall–Kier alpha value is -1.97. The van der Waals surface area contributed by atoms with Gasteiger partial charge in [0.05, 0.1) is 0 Å². The molecule has 0 saturated heterocycles. The van der Waals surface area contributed by atoms with Crippen LogP contribution in [-0.2, 0) is 17.8 Å². The minimum atomic E-state index is -0.458. The Balaban J connectivity index is 2.02. The van der Waals surface area contributed by atoms with Crippen molar-refractivity contribution in [3.8, 4) is 0 Å². The summed E-state index contributed by atoms with van der Waals surface area (Å²) in [6.45, 7) is 13.5. The predicted octanol–water partition coefficient (Wildman–Crippen LogP) is 3.93. The molecule has 0 aliphatic carbocycles. The van der Waals surface area contributed by atoms with Crippen molar-refractivity contribution in [1.29, 1.82) is 0 Å². The minimum Gasteiger partial charge on any atom is -0.444 e. The van der Waals surface area contributed by atoms with Crippen LogP contribution in [-0.4, -0.2) is 23.1 Å². The van der Waals surface area contributed by atoms with Crippen LogP contribution in [0, 0.1) is 0 Å². The third kappa shape index (κ3) is 4.25. The highest BCUT2D eigenvalue weighted by Gasteiger charge is 2.27. The van der Waals surface area contributed by atoms with Crippen molar-refractivity contribution in [3.63, 3.8) is 0 Å². The van der Waals surface area contributed by atoms with Gasteiger partial charge in [0.2, 0.25) is 0 Å². The highest BCUT2D eigenvalue weighted by molar-refractivity contribution is 5.69. The molecule has 1 amide bonds. The standard InChI is InChI=1S/C17H24N2O2/c1-12(2)9-18-15-7-6-13-10-19(11-14(13)8-15)16(20)21-17(3,4)5/h6-8,18H,1,9-11H2,2-5H3. The first kappa shape index (κ1) is 15.4. The van der Waals surface area contributed by atoms with Crippen LogP contribution in [0.2, 0.25) is 0 Å². The summed E-state index contributed by atoms with van der Waals surface area (Å²) in [5, 5.41) is 3.32. The molecule has 0 aromatic heterocycles. The van der Waals surface area contributed by atoms with Crippen molar-refractivity contribution in [2.75, 3.05) is 11.9 Å². The van der Waals surface area contributed by atoms with Gasteiger partial charge in [-0.15, -0.1) is 0 Å². The van der Waals surface area contributed by atoms with E-state index in [9.17, 15) is 4.79 Å². The third-order valence-corrected chi connectivity index (χ3v) is 3.17. The number of hydrogen-bond acceptors (Lipinski definition) is 3. The van der Waals surface area contributed by atoms with Gasteiger partial charge in [-0.1, -0.05) is 18.2 Å². The number of carbonyl (C=O) groups excluding carboxylic acids is 1. The van der Waals surface area contributed by atoms with Crippen LogP contribution in [0.25, 0.3) is 0 Å². The second-order valence-electron chi connectivity index (χ2n) is 6.63. The zero-order valence-electron chi connectivity index (χ0n) is 13.3. The fourth-order valence-electron chi connectivity index (χ4n) is 2.21. The van der Waals surface area contributed by atoms with E-state index in [2.05, 4.69) is 24.0 Å². The normalized spacial score (nSPS) is 13.8. The van der Waals surface area contributed by atoms with Gasteiger partial charge in [-0.2, -0.15) is 0 Å². The zero-order valence-corrected chi connectivity index (χ0v) is 13.3. The second kappa shape index (κ2) is 5.80. The molecule has 1 N–H and O–H groups in total. The molecule has 0 bridgehead atoms. The maximum absolute atomic E-state index is 12.1. The van der Waals surface area contributed by atoms with Crippen molar-refractivity contribution >= 4 is 11.8 Å². The van der Waals surface area contributed by atoms with Crippen LogP contribution in [0.1, 0.15) is 38.8 Å². The molecule has 4 heteroatoms. The maximum Gasteiger partial charge on any atom is 0.410 e. The number of anilines is 1. The van der Waals surface area contributed by atoms with Gasteiger partial charge in [-0.05, 0) is 51.0 Å². The number of nitrogens with zero attached hydrogens (tertiary/aromatic N) is 1. The quantitative estimate of drug-likeness (QED) is 0.857. The summed E-state index contributed by atoms with van der Waals surface area (Å²) in [5.41, 5.74) is 4.04. The Bertz CT molecular complexity index is 558. The van der Waals surface area contributed by atoms with Crippen LogP contribution in [0.15, 0.2) is 30.4 Å². The zero-order chi connectivity index (χ0) is 15.6. The maximum atomic E-state index is 12.1. The Morgan fingerprint density at radius 3 is 2.62 bits per heavy atom. The molecule has 1 aliphatic rings. The molecule has 2 rings (SSSR count). The SMILES string of the molecule is C=C(C)CNc1ccc2c(c1)CN(C(=O)OC(C)(C)C)C2. The monoisotopic (exact) mass is 288 g/mol. The van der Waals surface area contributed by atoms with Crippen LogP contribution in [0.4, 0.5) is 10.5 Å². The number of nitrogens with one attached hydrogen (secondary N) is 1. The highest BCUT2D eigenvalue weighted by atomic mass is 16.6. The minimum absolute atomic E-state index is 0.254. The molecule has 0 spiro atoms. The molecule has 0 radical (unpaired) electrons. The van der Waals surface area contributed by atoms with E-state index in [0.717, 1.165) is 17.8 Å². The fourth-order valence-corrected chi connectivity index (χ4v) is 2.21. The average Bonchev–Trinajstić information content (AvgIpc) is 2.77. The number of benzene rings is 1. The summed E-state index contributed by atoms with van der Waals surface area (Å²) >= 11 is 0. The smallest absolute Gasteiger partial charge is 0.410 e. The molecular formula is C17H24N2O2. The summed E-state index contributed by atoms with van der Waals surface area (Å²) < 4.78 is 5.42. The molecule has 4 nitrogen and oxygen atoms in total. The van der Waals surface area contributed by atoms with Crippen molar-refractivity contribution < 1.29 is 9.53 Å². The number of carbonyl (C=O) groups is 1. The lowest BCUT2D eigenvalue weighted by atomic mass is 10.1. The molecule has 1 aliphatic heterocycles. The van der Waals surface area contributed by atoms with Crippen molar-refractivity contribution in [2.24, 2.45) is 0 Å². The molecule has 21 heavy (non-hydrogen) atoms. The first-order chi connectivity index (χ1) is 9.74. The Morgan fingerprint density at radius 2 is 2.00 bits per heavy atom. The lowest BCUT2D eigenvalue weighted by Crippen LogP contribution is -2.33. The molecule has 1 aromatic carbocycles. The van der Waals surface area contributed by atoms with Gasteiger partial charge in [0.15, 0.2) is 0 Å². The summed E-state index contributed by atoms with van der Waals surface area (Å²) in [4.78, 5) is 13.8. The van der Waals surface area contributed by atoms with E-state index in [1.54, 1.807) is 4.90 Å². The lowest BCUT2D eigenvalue weighted by molar-refractivity contribution is 0.0242. The first-order valence-corrected chi connectivity index (χ1v) is 7.22. The predicted molar refractivity (Wildman–Crippen MR) is 85.2 cm³/mol. The number of ether oxygens (including phenoxy) is 1. The van der Waals surface area contributed by atoms with E-state index in [1.807, 2.05) is 33.8 Å². The van der Waals surface area contributed by atoms with E-state index >= 15 is 0 Å². The number of rotatable bonds is 3. The van der Waals surface area contributed by atoms with E-state index in [1.165, 1.54) is 11.1 Å². The van der Waals surface area contributed by atoms with Crippen LogP contribution < -0.4 is 5.32 Å². The molecule has 0 saturated carbocycles. The number of hydrogen-bond donors (Lipinski definition) is 1. The number of fused-ring (bicyclic) bond motifs is 1. The van der Waals surface area contributed by atoms with Crippen LogP contribution >= 0.6 is 0 Å². The molecule has 0 unspecified atom stereocenters. The third-order valence-electron chi connectivity index (χ3n) is 3.17. The van der Waals surface area contributed by atoms with Gasteiger partial charge >= 0.3 is 6.09 Å². The van der Waals surface area contributed by atoms with Crippen LogP contribution in [0.5, 0.6) is 0 Å². The highest BCUT2D eigenvalue weighted by Crippen LogP contribution is 2.27. The molecule has 1 aromatic rings. The van der Waals surface area contributed by atoms with E-state index in [0.29, 0.717) is 13.1 Å². The first-order valence-electron chi connectivity index (χ1n) is 7.22. The molecule has 0 atom stereocenters. The lowest BCUT2D eigenvalue weighted by Gasteiger charge is -2.24. The van der Waals surface area contributed by atoms with Gasteiger partial charge in [0, 0.05) is 25.3 Å². The molecule has 1 heterocycles. The van der Waals surface area contributed by atoms with Gasteiger partial charge in [0.1, 0.15) is 5.60 Å². The average molecular weight is 288 g/mol. The summed E-state index contributed by atoms with van der Waals surface area (Å²) in [5.74, 6) is 0. The van der Waals surface area contributed by atoms with Crippen molar-refractivity contribution in [1.82, 2.24) is 4.90 Å². The molecule has 0 fully saturated rings. The molecular weight excluding hydrogens is 264 g/mol. The van der Waals surface area contributed by atoms with Gasteiger partial charge in [-0.25, -0.2) is 4.79 Å². The Morgan fingerprint density at radius 1 is 1.33 bits per heavy atom. The Kier molecular flexibility index (Phi) is 4.26. The molecule has 114 valence electrons. The Labute approximate surface area is 126 Å².